The third-order valence-electron chi connectivity index (χ3n) is 8.06. The highest BCUT2D eigenvalue weighted by Crippen LogP contribution is 2.39. The molecule has 1 aliphatic heterocycles. The molecule has 0 amide bonds. The highest BCUT2D eigenvalue weighted by Gasteiger charge is 2.27. The molecule has 1 saturated carbocycles. The molecule has 1 heterocycles. The van der Waals surface area contributed by atoms with Crippen molar-refractivity contribution in [3.63, 3.8) is 0 Å². The van der Waals surface area contributed by atoms with Gasteiger partial charge in [0.2, 0.25) is 0 Å². The highest BCUT2D eigenvalue weighted by atomic mass is 28.3. The third-order valence-corrected chi connectivity index (χ3v) is 11.7. The van der Waals surface area contributed by atoms with Crippen LogP contribution in [-0.2, 0) is 0 Å². The van der Waals surface area contributed by atoms with Gasteiger partial charge in [-0.1, -0.05) is 76.1 Å². The number of alkyl halides is 3. The fourth-order valence-corrected chi connectivity index (χ4v) is 9.60. The number of hydrogen-bond acceptors (Lipinski definition) is 1. The maximum atomic E-state index is 14.3. The van der Waals surface area contributed by atoms with Crippen LogP contribution in [0.25, 0.3) is 0 Å². The molecular formula is C27H42F4OSi. The van der Waals surface area contributed by atoms with Gasteiger partial charge in [-0.15, -0.1) is 0 Å². The molecule has 6 heteroatoms. The van der Waals surface area contributed by atoms with Gasteiger partial charge in [0.15, 0.2) is 11.6 Å². The van der Waals surface area contributed by atoms with E-state index in [4.69, 9.17) is 4.74 Å². The van der Waals surface area contributed by atoms with E-state index in [9.17, 15) is 17.6 Å². The molecule has 33 heavy (non-hydrogen) atoms. The molecule has 3 rings (SSSR count). The van der Waals surface area contributed by atoms with Gasteiger partial charge in [0.05, 0.1) is 13.0 Å². The van der Waals surface area contributed by atoms with Crippen LogP contribution in [-0.4, -0.2) is 21.6 Å². The maximum Gasteiger partial charge on any atom is 0.392 e. The van der Waals surface area contributed by atoms with E-state index >= 15 is 0 Å². The summed E-state index contributed by atoms with van der Waals surface area (Å²) >= 11 is 0. The standard InChI is InChI=1S/C27H42F4OSi/c1-2-17-33-18-13-22(14-19-33)6-4-3-5-21-7-9-23(10-8-21)24-11-12-26(25(28)20-24)32-16-15-27(29,30)31/h11-12,20-23,33H,2-10,13-19H2,1H3. The zero-order chi connectivity index (χ0) is 23.7. The molecule has 0 bridgehead atoms. The van der Waals surface area contributed by atoms with Crippen molar-refractivity contribution < 1.29 is 22.3 Å². The van der Waals surface area contributed by atoms with Gasteiger partial charge >= 0.3 is 6.18 Å². The number of unbranched alkanes of at least 4 members (excludes halogenated alkanes) is 1. The van der Waals surface area contributed by atoms with E-state index in [1.54, 1.807) is 18.1 Å². The van der Waals surface area contributed by atoms with Crippen LogP contribution in [0.3, 0.4) is 0 Å². The summed E-state index contributed by atoms with van der Waals surface area (Å²) < 4.78 is 56.0. The number of halogens is 4. The van der Waals surface area contributed by atoms with Gasteiger partial charge in [0.25, 0.3) is 0 Å². The molecule has 1 aliphatic carbocycles. The summed E-state index contributed by atoms with van der Waals surface area (Å²) in [5, 5.41) is 0. The Labute approximate surface area is 199 Å². The lowest BCUT2D eigenvalue weighted by molar-refractivity contribution is -0.139. The Morgan fingerprint density at radius 2 is 1.58 bits per heavy atom. The molecule has 0 unspecified atom stereocenters. The Hall–Kier alpha value is -1.04. The lowest BCUT2D eigenvalue weighted by Crippen LogP contribution is -2.21. The van der Waals surface area contributed by atoms with Gasteiger partial charge in [-0.05, 0) is 61.1 Å². The normalized spacial score (nSPS) is 26.3. The predicted molar refractivity (Wildman–Crippen MR) is 130 cm³/mol. The Morgan fingerprint density at radius 3 is 2.15 bits per heavy atom. The molecule has 0 N–H and O–H groups in total. The number of ether oxygens (including phenoxy) is 1. The van der Waals surface area contributed by atoms with Crippen molar-refractivity contribution in [1.29, 1.82) is 0 Å². The van der Waals surface area contributed by atoms with Crippen molar-refractivity contribution in [3.05, 3.63) is 29.6 Å². The smallest absolute Gasteiger partial charge is 0.392 e. The summed E-state index contributed by atoms with van der Waals surface area (Å²) in [6.45, 7) is 1.79. The maximum absolute atomic E-state index is 14.3. The van der Waals surface area contributed by atoms with Crippen LogP contribution in [0.2, 0.25) is 18.1 Å². The van der Waals surface area contributed by atoms with Gasteiger partial charge < -0.3 is 4.74 Å². The first-order valence-corrected chi connectivity index (χ1v) is 15.8. The van der Waals surface area contributed by atoms with Crippen LogP contribution in [0.15, 0.2) is 18.2 Å². The Bertz CT molecular complexity index is 692. The largest absolute Gasteiger partial charge is 0.490 e. The summed E-state index contributed by atoms with van der Waals surface area (Å²) in [5.41, 5.74) is 0.955. The van der Waals surface area contributed by atoms with Crippen molar-refractivity contribution in [2.24, 2.45) is 11.8 Å². The molecule has 1 aromatic carbocycles. The molecule has 188 valence electrons. The van der Waals surface area contributed by atoms with Gasteiger partial charge in [0, 0.05) is 8.80 Å². The molecule has 2 aliphatic rings. The molecule has 1 saturated heterocycles. The minimum Gasteiger partial charge on any atom is -0.490 e. The molecule has 2 fully saturated rings. The van der Waals surface area contributed by atoms with Gasteiger partial charge in [-0.25, -0.2) is 4.39 Å². The van der Waals surface area contributed by atoms with E-state index in [1.165, 1.54) is 69.9 Å². The third kappa shape index (κ3) is 9.26. The van der Waals surface area contributed by atoms with Crippen LogP contribution in [0.5, 0.6) is 5.75 Å². The van der Waals surface area contributed by atoms with Gasteiger partial charge in [-0.3, -0.25) is 0 Å². The van der Waals surface area contributed by atoms with E-state index in [-0.39, 0.29) is 14.5 Å². The topological polar surface area (TPSA) is 9.23 Å². The van der Waals surface area contributed by atoms with Crippen molar-refractivity contribution in [2.45, 2.75) is 114 Å². The van der Waals surface area contributed by atoms with Crippen LogP contribution >= 0.6 is 0 Å². The first-order chi connectivity index (χ1) is 15.8. The molecular weight excluding hydrogens is 444 g/mol. The molecule has 1 nitrogen and oxygen atoms in total. The summed E-state index contributed by atoms with van der Waals surface area (Å²) in [6.07, 6.45) is 9.07. The van der Waals surface area contributed by atoms with Crippen LogP contribution in [0.1, 0.15) is 95.5 Å². The minimum absolute atomic E-state index is 0.0853. The second kappa shape index (κ2) is 13.2. The Balaban J connectivity index is 1.31. The van der Waals surface area contributed by atoms with Crippen LogP contribution in [0.4, 0.5) is 17.6 Å². The molecule has 0 aromatic heterocycles. The summed E-state index contributed by atoms with van der Waals surface area (Å²) in [5.74, 6) is 1.50. The average molecular weight is 487 g/mol. The average Bonchev–Trinajstić information content (AvgIpc) is 2.79. The van der Waals surface area contributed by atoms with Crippen LogP contribution in [0, 0.1) is 17.7 Å². The quantitative estimate of drug-likeness (QED) is 0.172. The monoisotopic (exact) mass is 486 g/mol. The summed E-state index contributed by atoms with van der Waals surface area (Å²) in [6, 6.07) is 9.52. The number of benzene rings is 1. The van der Waals surface area contributed by atoms with E-state index in [0.29, 0.717) is 5.92 Å². The van der Waals surface area contributed by atoms with Crippen molar-refractivity contribution in [2.75, 3.05) is 6.61 Å². The van der Waals surface area contributed by atoms with E-state index in [0.717, 1.165) is 30.2 Å². The molecule has 0 radical (unpaired) electrons. The zero-order valence-corrected chi connectivity index (χ0v) is 21.4. The van der Waals surface area contributed by atoms with Crippen molar-refractivity contribution in [1.82, 2.24) is 0 Å². The van der Waals surface area contributed by atoms with E-state index in [1.807, 2.05) is 6.07 Å². The first kappa shape index (κ1) is 26.6. The number of rotatable bonds is 11. The fraction of sp³-hybridized carbons (Fsp3) is 0.778. The zero-order valence-electron chi connectivity index (χ0n) is 20.3. The minimum atomic E-state index is -4.29. The predicted octanol–water partition coefficient (Wildman–Crippen LogP) is 9.04. The SMILES string of the molecule is CCC[SiH]1CCC(CCCCC2CCC(c3ccc(OCCC(F)(F)F)c(F)c3)CC2)CC1. The van der Waals surface area contributed by atoms with Gasteiger partial charge in [-0.2, -0.15) is 13.2 Å². The lowest BCUT2D eigenvalue weighted by atomic mass is 9.77. The fourth-order valence-electron chi connectivity index (χ4n) is 6.03. The molecule has 1 aromatic rings. The number of hydrogen-bond donors (Lipinski definition) is 0. The van der Waals surface area contributed by atoms with Crippen molar-refractivity contribution >= 4 is 8.80 Å². The van der Waals surface area contributed by atoms with Crippen molar-refractivity contribution in [3.8, 4) is 5.75 Å². The molecule has 0 spiro atoms. The lowest BCUT2D eigenvalue weighted by Gasteiger charge is -2.30. The summed E-state index contributed by atoms with van der Waals surface area (Å²) in [7, 11) is -0.351. The van der Waals surface area contributed by atoms with Crippen LogP contribution < -0.4 is 4.74 Å². The van der Waals surface area contributed by atoms with E-state index in [2.05, 4.69) is 6.92 Å². The van der Waals surface area contributed by atoms with E-state index < -0.39 is 25.0 Å². The summed E-state index contributed by atoms with van der Waals surface area (Å²) in [4.78, 5) is 0. The van der Waals surface area contributed by atoms with Gasteiger partial charge in [0.1, 0.15) is 0 Å². The Morgan fingerprint density at radius 1 is 0.939 bits per heavy atom. The Kier molecular flexibility index (Phi) is 10.6. The second-order valence-electron chi connectivity index (χ2n) is 10.6. The highest BCUT2D eigenvalue weighted by molar-refractivity contribution is 6.58. The second-order valence-corrected chi connectivity index (χ2v) is 14.0. The first-order valence-electron chi connectivity index (χ1n) is 13.3. The molecule has 0 atom stereocenters.